The second-order valence-electron chi connectivity index (χ2n) is 5.54. The molecule has 0 unspecified atom stereocenters. The quantitative estimate of drug-likeness (QED) is 0.811. The van der Waals surface area contributed by atoms with Crippen molar-refractivity contribution in [2.45, 2.75) is 50.5 Å². The molecule has 0 atom stereocenters. The lowest BCUT2D eigenvalue weighted by Crippen LogP contribution is -2.47. The van der Waals surface area contributed by atoms with Crippen LogP contribution in [-0.2, 0) is 0 Å². The average molecular weight is 370 g/mol. The van der Waals surface area contributed by atoms with E-state index in [2.05, 4.69) is 27.3 Å². The first-order valence-corrected chi connectivity index (χ1v) is 8.42. The standard InChI is InChI=1S/C16H18BrClN2O/c17-13-7-6-12(10-14(13)18)15(21)20-16(11-19)8-4-2-1-3-5-9-16/h6-7,10H,1-5,8-9H2,(H,20,21). The van der Waals surface area contributed by atoms with Gasteiger partial charge in [0, 0.05) is 10.0 Å². The fourth-order valence-corrected chi connectivity index (χ4v) is 3.13. The number of nitrogens with zero attached hydrogens (tertiary/aromatic N) is 1. The highest BCUT2D eigenvalue weighted by molar-refractivity contribution is 9.10. The summed E-state index contributed by atoms with van der Waals surface area (Å²) in [5, 5.41) is 13.0. The van der Waals surface area contributed by atoms with Gasteiger partial charge in [0.25, 0.3) is 5.91 Å². The van der Waals surface area contributed by atoms with Crippen molar-refractivity contribution in [1.29, 1.82) is 5.26 Å². The molecule has 1 saturated carbocycles. The van der Waals surface area contributed by atoms with Gasteiger partial charge in [-0.2, -0.15) is 5.26 Å². The van der Waals surface area contributed by atoms with E-state index in [9.17, 15) is 10.1 Å². The van der Waals surface area contributed by atoms with Crippen molar-refractivity contribution in [3.05, 3.63) is 33.3 Å². The van der Waals surface area contributed by atoms with Crippen LogP contribution in [-0.4, -0.2) is 11.4 Å². The Labute approximate surface area is 138 Å². The fourth-order valence-electron chi connectivity index (χ4n) is 2.70. The summed E-state index contributed by atoms with van der Waals surface area (Å²) in [5.74, 6) is -0.230. The van der Waals surface area contributed by atoms with Crippen molar-refractivity contribution in [2.24, 2.45) is 0 Å². The molecule has 1 aliphatic carbocycles. The molecule has 5 heteroatoms. The van der Waals surface area contributed by atoms with E-state index in [1.54, 1.807) is 18.2 Å². The van der Waals surface area contributed by atoms with Crippen LogP contribution in [0.2, 0.25) is 5.02 Å². The zero-order chi connectivity index (χ0) is 15.3. The molecule has 1 N–H and O–H groups in total. The molecule has 0 saturated heterocycles. The monoisotopic (exact) mass is 368 g/mol. The minimum Gasteiger partial charge on any atom is -0.334 e. The highest BCUT2D eigenvalue weighted by Crippen LogP contribution is 2.27. The largest absolute Gasteiger partial charge is 0.334 e. The van der Waals surface area contributed by atoms with Gasteiger partial charge in [-0.3, -0.25) is 4.79 Å². The van der Waals surface area contributed by atoms with Gasteiger partial charge < -0.3 is 5.32 Å². The van der Waals surface area contributed by atoms with Gasteiger partial charge in [-0.15, -0.1) is 0 Å². The molecule has 2 rings (SSSR count). The summed E-state index contributed by atoms with van der Waals surface area (Å²) in [4.78, 5) is 12.4. The number of rotatable bonds is 2. The number of nitrogens with one attached hydrogen (secondary N) is 1. The zero-order valence-corrected chi connectivity index (χ0v) is 14.1. The van der Waals surface area contributed by atoms with Crippen molar-refractivity contribution in [1.82, 2.24) is 5.32 Å². The number of hydrogen-bond acceptors (Lipinski definition) is 2. The maximum absolute atomic E-state index is 12.4. The van der Waals surface area contributed by atoms with Crippen LogP contribution in [0.25, 0.3) is 0 Å². The van der Waals surface area contributed by atoms with E-state index in [1.165, 1.54) is 6.42 Å². The van der Waals surface area contributed by atoms with Gasteiger partial charge in [-0.05, 0) is 47.0 Å². The molecule has 3 nitrogen and oxygen atoms in total. The van der Waals surface area contributed by atoms with E-state index in [0.717, 1.165) is 43.0 Å². The van der Waals surface area contributed by atoms with E-state index in [-0.39, 0.29) is 5.91 Å². The molecular formula is C16H18BrClN2O. The third-order valence-electron chi connectivity index (χ3n) is 3.96. The summed E-state index contributed by atoms with van der Waals surface area (Å²) in [6, 6.07) is 7.41. The van der Waals surface area contributed by atoms with E-state index in [4.69, 9.17) is 11.6 Å². The predicted octanol–water partition coefficient (Wildman–Crippen LogP) is 4.84. The van der Waals surface area contributed by atoms with Gasteiger partial charge in [0.2, 0.25) is 0 Å². The smallest absolute Gasteiger partial charge is 0.252 e. The topological polar surface area (TPSA) is 52.9 Å². The Kier molecular flexibility index (Phi) is 5.66. The first kappa shape index (κ1) is 16.3. The second-order valence-corrected chi connectivity index (χ2v) is 6.81. The number of hydrogen-bond donors (Lipinski definition) is 1. The van der Waals surface area contributed by atoms with Crippen LogP contribution in [0.3, 0.4) is 0 Å². The Morgan fingerprint density at radius 3 is 2.43 bits per heavy atom. The highest BCUT2D eigenvalue weighted by atomic mass is 79.9. The normalized spacial score (nSPS) is 18.1. The molecule has 0 aliphatic heterocycles. The number of amides is 1. The first-order chi connectivity index (χ1) is 10.1. The molecular weight excluding hydrogens is 352 g/mol. The molecule has 0 heterocycles. The van der Waals surface area contributed by atoms with Crippen LogP contribution in [0.4, 0.5) is 0 Å². The van der Waals surface area contributed by atoms with Crippen molar-refractivity contribution >= 4 is 33.4 Å². The third-order valence-corrected chi connectivity index (χ3v) is 5.19. The van der Waals surface area contributed by atoms with Crippen LogP contribution >= 0.6 is 27.5 Å². The van der Waals surface area contributed by atoms with Crippen LogP contribution in [0, 0.1) is 11.3 Å². The fraction of sp³-hybridized carbons (Fsp3) is 0.500. The number of carbonyl (C=O) groups is 1. The Bertz CT molecular complexity index is 560. The van der Waals surface area contributed by atoms with E-state index >= 15 is 0 Å². The van der Waals surface area contributed by atoms with Crippen LogP contribution in [0.5, 0.6) is 0 Å². The third kappa shape index (κ3) is 4.21. The molecule has 1 amide bonds. The molecule has 0 radical (unpaired) electrons. The summed E-state index contributed by atoms with van der Waals surface area (Å²) >= 11 is 9.33. The van der Waals surface area contributed by atoms with E-state index in [1.807, 2.05) is 0 Å². The predicted molar refractivity (Wildman–Crippen MR) is 87.3 cm³/mol. The van der Waals surface area contributed by atoms with Crippen molar-refractivity contribution < 1.29 is 4.79 Å². The average Bonchev–Trinajstić information content (AvgIpc) is 2.45. The molecule has 1 fully saturated rings. The van der Waals surface area contributed by atoms with Gasteiger partial charge >= 0.3 is 0 Å². The molecule has 0 spiro atoms. The molecule has 1 aromatic rings. The number of nitriles is 1. The van der Waals surface area contributed by atoms with Gasteiger partial charge in [0.05, 0.1) is 11.1 Å². The van der Waals surface area contributed by atoms with Gasteiger partial charge in [0.15, 0.2) is 0 Å². The first-order valence-electron chi connectivity index (χ1n) is 7.25. The maximum Gasteiger partial charge on any atom is 0.252 e. The number of carbonyl (C=O) groups excluding carboxylic acids is 1. The lowest BCUT2D eigenvalue weighted by atomic mass is 9.85. The van der Waals surface area contributed by atoms with Crippen LogP contribution in [0.15, 0.2) is 22.7 Å². The molecule has 21 heavy (non-hydrogen) atoms. The van der Waals surface area contributed by atoms with Crippen molar-refractivity contribution in [3.63, 3.8) is 0 Å². The van der Waals surface area contributed by atoms with Crippen molar-refractivity contribution in [2.75, 3.05) is 0 Å². The number of halogens is 2. The molecule has 1 aromatic carbocycles. The summed E-state index contributed by atoms with van der Waals surface area (Å²) in [7, 11) is 0. The SMILES string of the molecule is N#CC1(NC(=O)c2ccc(Br)c(Cl)c2)CCCCCCC1. The van der Waals surface area contributed by atoms with Crippen LogP contribution < -0.4 is 5.32 Å². The second kappa shape index (κ2) is 7.29. The molecule has 1 aliphatic rings. The Morgan fingerprint density at radius 1 is 1.24 bits per heavy atom. The molecule has 112 valence electrons. The maximum atomic E-state index is 12.4. The van der Waals surface area contributed by atoms with E-state index < -0.39 is 5.54 Å². The highest BCUT2D eigenvalue weighted by Gasteiger charge is 2.32. The van der Waals surface area contributed by atoms with Crippen molar-refractivity contribution in [3.8, 4) is 6.07 Å². The summed E-state index contributed by atoms with van der Waals surface area (Å²) in [6.45, 7) is 0. The number of benzene rings is 1. The summed E-state index contributed by atoms with van der Waals surface area (Å²) in [5.41, 5.74) is -0.253. The van der Waals surface area contributed by atoms with Gasteiger partial charge in [-0.1, -0.05) is 43.7 Å². The Morgan fingerprint density at radius 2 is 1.86 bits per heavy atom. The summed E-state index contributed by atoms with van der Waals surface area (Å²) < 4.78 is 0.752. The van der Waals surface area contributed by atoms with E-state index in [0.29, 0.717) is 10.6 Å². The zero-order valence-electron chi connectivity index (χ0n) is 11.8. The summed E-state index contributed by atoms with van der Waals surface area (Å²) in [6.07, 6.45) is 6.88. The van der Waals surface area contributed by atoms with Crippen LogP contribution in [0.1, 0.15) is 55.3 Å². The van der Waals surface area contributed by atoms with Gasteiger partial charge in [-0.25, -0.2) is 0 Å². The van der Waals surface area contributed by atoms with Gasteiger partial charge in [0.1, 0.15) is 5.54 Å². The lowest BCUT2D eigenvalue weighted by Gasteiger charge is -2.29. The Hall–Kier alpha value is -1.05. The lowest BCUT2D eigenvalue weighted by molar-refractivity contribution is 0.0907. The minimum atomic E-state index is -0.739. The minimum absolute atomic E-state index is 0.230. The molecule has 0 bridgehead atoms. The Balaban J connectivity index is 2.14. The molecule has 0 aromatic heterocycles.